The van der Waals surface area contributed by atoms with Crippen LogP contribution in [-0.2, 0) is 61.9 Å². The number of aldehydes is 1. The van der Waals surface area contributed by atoms with E-state index in [9.17, 15) is 44.4 Å². The first-order chi connectivity index (χ1) is 28.7. The molecule has 4 N–H and O–H groups in total. The number of esters is 4. The quantitative estimate of drug-likeness (QED) is 0.0750. The molecule has 4 unspecified atom stereocenters. The summed E-state index contributed by atoms with van der Waals surface area (Å²) < 4.78 is 47.7. The molecule has 20 atom stereocenters. The highest BCUT2D eigenvalue weighted by Crippen LogP contribution is 2.46. The van der Waals surface area contributed by atoms with Gasteiger partial charge in [0, 0.05) is 32.3 Å². The van der Waals surface area contributed by atoms with Gasteiger partial charge in [-0.15, -0.1) is 0 Å². The molecule has 2 bridgehead atoms. The second-order valence-electron chi connectivity index (χ2n) is 18.1. The van der Waals surface area contributed by atoms with E-state index in [0.717, 1.165) is 0 Å². The summed E-state index contributed by atoms with van der Waals surface area (Å²) in [6.07, 6.45) is -8.61. The van der Waals surface area contributed by atoms with Gasteiger partial charge in [0.1, 0.15) is 30.2 Å². The van der Waals surface area contributed by atoms with Crippen LogP contribution in [-0.4, -0.2) is 162 Å². The van der Waals surface area contributed by atoms with Gasteiger partial charge in [-0.2, -0.15) is 0 Å². The first-order valence-corrected chi connectivity index (χ1v) is 21.6. The highest BCUT2D eigenvalue weighted by molar-refractivity contribution is 5.97. The summed E-state index contributed by atoms with van der Waals surface area (Å²) in [7, 11) is 4.80. The Kier molecular flexibility index (Phi) is 16.7. The van der Waals surface area contributed by atoms with E-state index in [1.54, 1.807) is 65.8 Å². The summed E-state index contributed by atoms with van der Waals surface area (Å²) in [4.78, 5) is 65.6. The van der Waals surface area contributed by atoms with Crippen molar-refractivity contribution in [3.63, 3.8) is 0 Å². The minimum Gasteiger partial charge on any atom is -0.463 e. The fraction of sp³-hybridized carbons (Fsp3) is 0.837. The molecule has 346 valence electrons. The summed E-state index contributed by atoms with van der Waals surface area (Å²) in [6.45, 7) is 10.2. The average molecular weight is 870 g/mol. The van der Waals surface area contributed by atoms with Gasteiger partial charge < -0.3 is 68.0 Å². The molecule has 1 aliphatic carbocycles. The van der Waals surface area contributed by atoms with Crippen LogP contribution in [0, 0.1) is 35.5 Å². The van der Waals surface area contributed by atoms with Gasteiger partial charge in [0.25, 0.3) is 0 Å². The van der Waals surface area contributed by atoms with Crippen molar-refractivity contribution in [2.24, 2.45) is 35.5 Å². The number of aliphatic hydroxyl groups excluding tert-OH is 3. The van der Waals surface area contributed by atoms with Crippen LogP contribution in [0.25, 0.3) is 0 Å². The summed E-state index contributed by atoms with van der Waals surface area (Å²) in [6, 6.07) is -0.796. The highest BCUT2D eigenvalue weighted by Gasteiger charge is 2.56. The van der Waals surface area contributed by atoms with Crippen molar-refractivity contribution in [1.82, 2.24) is 4.90 Å². The molecule has 0 saturated carbocycles. The molecule has 18 nitrogen and oxygen atoms in total. The Labute approximate surface area is 357 Å². The lowest BCUT2D eigenvalue weighted by molar-refractivity contribution is -0.344. The topological polar surface area (TPSA) is 243 Å². The molecule has 0 spiro atoms. The monoisotopic (exact) mass is 869 g/mol. The minimum atomic E-state index is -1.51. The number of carbonyl (C=O) groups is 5. The maximum absolute atomic E-state index is 13.3. The van der Waals surface area contributed by atoms with E-state index >= 15 is 0 Å². The SMILES string of the molecule is CCCC(=O)O[C@H]1[C@H](C)O[C@@H](O[C@H]2[C@H](N(C)C)[C@@H](O)[C@H](O[C@@H]3[C@@H](OC)[C@H](O)CC(=O)O[C@H](C)CC4C=CC(C5C(=O)OC(=O)C45)[C@H](O)[C@H](CC=O)C[C@@H]3C)O[C@@H]2C)C[C@@]1(C)O. The zero-order valence-electron chi connectivity index (χ0n) is 36.7. The molecule has 61 heavy (non-hydrogen) atoms. The average Bonchev–Trinajstić information content (AvgIpc) is 3.47. The number of rotatable bonds is 11. The van der Waals surface area contributed by atoms with Gasteiger partial charge in [0.15, 0.2) is 18.7 Å². The molecule has 6 rings (SSSR count). The first kappa shape index (κ1) is 49.1. The number of aliphatic hydroxyl groups is 4. The van der Waals surface area contributed by atoms with Gasteiger partial charge in [-0.25, -0.2) is 0 Å². The normalized spacial score (nSPS) is 45.0. The number of cyclic esters (lactones) is 2. The number of hydrogen-bond donors (Lipinski definition) is 4. The van der Waals surface area contributed by atoms with E-state index in [1.165, 1.54) is 7.11 Å². The van der Waals surface area contributed by atoms with Crippen LogP contribution in [0.3, 0.4) is 0 Å². The predicted molar refractivity (Wildman–Crippen MR) is 212 cm³/mol. The molecule has 0 aromatic carbocycles. The molecule has 6 aliphatic rings. The Morgan fingerprint density at radius 1 is 0.934 bits per heavy atom. The van der Waals surface area contributed by atoms with Crippen molar-refractivity contribution in [2.75, 3.05) is 21.2 Å². The fourth-order valence-electron chi connectivity index (χ4n) is 10.2. The van der Waals surface area contributed by atoms with Crippen molar-refractivity contribution in [1.29, 1.82) is 0 Å². The molecule has 18 heteroatoms. The second kappa shape index (κ2) is 20.7. The zero-order valence-corrected chi connectivity index (χ0v) is 36.7. The van der Waals surface area contributed by atoms with E-state index in [-0.39, 0.29) is 32.1 Å². The van der Waals surface area contributed by atoms with Gasteiger partial charge in [0.05, 0.1) is 60.9 Å². The van der Waals surface area contributed by atoms with Crippen LogP contribution in [0.4, 0.5) is 0 Å². The number of methoxy groups -OCH3 is 1. The largest absolute Gasteiger partial charge is 0.463 e. The molecule has 4 fully saturated rings. The minimum absolute atomic E-state index is 0.0566. The zero-order chi connectivity index (χ0) is 45.1. The third-order valence-corrected chi connectivity index (χ3v) is 13.1. The molecule has 5 aliphatic heterocycles. The second-order valence-corrected chi connectivity index (χ2v) is 18.1. The van der Waals surface area contributed by atoms with Gasteiger partial charge >= 0.3 is 23.9 Å². The Balaban J connectivity index is 1.41. The smallest absolute Gasteiger partial charge is 0.318 e. The van der Waals surface area contributed by atoms with E-state index in [2.05, 4.69) is 0 Å². The fourth-order valence-corrected chi connectivity index (χ4v) is 10.2. The number of hydrogen-bond acceptors (Lipinski definition) is 18. The number of carbonyl (C=O) groups excluding carboxylic acids is 5. The lowest BCUT2D eigenvalue weighted by atomic mass is 9.66. The summed E-state index contributed by atoms with van der Waals surface area (Å²) in [5.74, 6) is -7.55. The molecular weight excluding hydrogens is 802 g/mol. The molecule has 0 radical (unpaired) electrons. The predicted octanol–water partition coefficient (Wildman–Crippen LogP) is 1.20. The maximum atomic E-state index is 13.3. The van der Waals surface area contributed by atoms with E-state index in [0.29, 0.717) is 12.7 Å². The van der Waals surface area contributed by atoms with Crippen LogP contribution in [0.15, 0.2) is 12.2 Å². The van der Waals surface area contributed by atoms with Crippen LogP contribution in [0.2, 0.25) is 0 Å². The Bertz CT molecular complexity index is 1570. The molecule has 0 aromatic rings. The van der Waals surface area contributed by atoms with Crippen LogP contribution < -0.4 is 0 Å². The van der Waals surface area contributed by atoms with Gasteiger partial charge in [-0.3, -0.25) is 19.2 Å². The molecule has 4 saturated heterocycles. The highest BCUT2D eigenvalue weighted by atomic mass is 16.7. The van der Waals surface area contributed by atoms with Gasteiger partial charge in [-0.1, -0.05) is 26.0 Å². The molecule has 5 heterocycles. The molecular formula is C43H67NO17. The Morgan fingerprint density at radius 2 is 1.62 bits per heavy atom. The van der Waals surface area contributed by atoms with Crippen molar-refractivity contribution >= 4 is 30.2 Å². The molecule has 0 aromatic heterocycles. The number of fused-ring (bicyclic) bond motifs is 11. The van der Waals surface area contributed by atoms with Crippen molar-refractivity contribution in [3.05, 3.63) is 12.2 Å². The van der Waals surface area contributed by atoms with Crippen molar-refractivity contribution < 1.29 is 82.3 Å². The van der Waals surface area contributed by atoms with Crippen LogP contribution in [0.5, 0.6) is 0 Å². The summed E-state index contributed by atoms with van der Waals surface area (Å²) >= 11 is 0. The molecule has 0 amide bonds. The number of allylic oxidation sites excluding steroid dienone is 1. The maximum Gasteiger partial charge on any atom is 0.318 e. The lowest BCUT2D eigenvalue weighted by Gasteiger charge is -2.50. The number of likely N-dealkylation sites (N-methyl/N-ethyl adjacent to an activating group) is 1. The van der Waals surface area contributed by atoms with E-state index in [1.807, 2.05) is 6.92 Å². The van der Waals surface area contributed by atoms with Crippen LogP contribution >= 0.6 is 0 Å². The summed E-state index contributed by atoms with van der Waals surface area (Å²) in [5.41, 5.74) is -1.51. The number of nitrogens with zero attached hydrogens (tertiary/aromatic N) is 1. The van der Waals surface area contributed by atoms with Gasteiger partial charge in [0.2, 0.25) is 0 Å². The summed E-state index contributed by atoms with van der Waals surface area (Å²) in [5, 5.41) is 47.0. The van der Waals surface area contributed by atoms with Gasteiger partial charge in [-0.05, 0) is 78.8 Å². The lowest BCUT2D eigenvalue weighted by Crippen LogP contribution is -2.66. The van der Waals surface area contributed by atoms with E-state index in [4.69, 9.17) is 37.9 Å². The van der Waals surface area contributed by atoms with Crippen LogP contribution in [0.1, 0.15) is 86.5 Å². The number of ether oxygens (including phenoxy) is 8. The third kappa shape index (κ3) is 11.1. The first-order valence-electron chi connectivity index (χ1n) is 21.6. The van der Waals surface area contributed by atoms with Crippen molar-refractivity contribution in [3.8, 4) is 0 Å². The van der Waals surface area contributed by atoms with Crippen molar-refractivity contribution in [2.45, 2.75) is 172 Å². The third-order valence-electron chi connectivity index (χ3n) is 13.1. The standard InChI is InChI=1S/C43H67NO17/c1-10-11-28(47)58-39-23(5)56-30(19-43(39,6)53)59-37-22(4)57-42(35(50)33(37)44(7)8)60-36-20(2)16-25(14-15-45)34(49)26-13-12-24(31-32(26)41(52)61-40(31)51)17-21(3)55-29(48)18-27(46)38(36)54-9/h12-13,15,20-27,30-39,42,46,49-50,53H,10-11,14,16-19H2,1-9H3/t20-,21+,22+,23-,24?,25+,26?,27+,30-,31?,32?,33+,34+,35+,36-,37+,38-,39-,42-,43+/m0/s1. The van der Waals surface area contributed by atoms with E-state index < -0.39 is 151 Å². The Hall–Kier alpha value is -2.91. The Morgan fingerprint density at radius 3 is 2.25 bits per heavy atom.